The Hall–Kier alpha value is -2.35. The van der Waals surface area contributed by atoms with Crippen LogP contribution in [0.3, 0.4) is 0 Å². The molecule has 2 heteroatoms. The summed E-state index contributed by atoms with van der Waals surface area (Å²) in [7, 11) is 0. The highest BCUT2D eigenvalue weighted by molar-refractivity contribution is 5.92. The number of hydrogen-bond donors (Lipinski definition) is 1. The van der Waals surface area contributed by atoms with Gasteiger partial charge in [0.2, 0.25) is 0 Å². The molecule has 152 valence electrons. The Bertz CT molecular complexity index is 1040. The van der Waals surface area contributed by atoms with E-state index < -0.39 is 5.97 Å². The molecule has 0 unspecified atom stereocenters. The number of carbonyl (C=O) groups is 1. The minimum atomic E-state index is -0.825. The van der Waals surface area contributed by atoms with Crippen LogP contribution < -0.4 is 0 Å². The van der Waals surface area contributed by atoms with E-state index in [9.17, 15) is 9.90 Å². The van der Waals surface area contributed by atoms with Crippen LogP contribution >= 0.6 is 0 Å². The minimum absolute atomic E-state index is 0.155. The zero-order chi connectivity index (χ0) is 21.1. The smallest absolute Gasteiger partial charge is 0.335 e. The van der Waals surface area contributed by atoms with Gasteiger partial charge >= 0.3 is 5.97 Å². The first-order valence-corrected chi connectivity index (χ1v) is 10.8. The van der Waals surface area contributed by atoms with Gasteiger partial charge in [-0.1, -0.05) is 52.5 Å². The van der Waals surface area contributed by atoms with Crippen LogP contribution in [0.5, 0.6) is 0 Å². The fourth-order valence-corrected chi connectivity index (χ4v) is 5.38. The summed E-state index contributed by atoms with van der Waals surface area (Å²) in [6, 6.07) is 8.50. The summed E-state index contributed by atoms with van der Waals surface area (Å²) in [5.41, 5.74) is 10.5. The van der Waals surface area contributed by atoms with E-state index >= 15 is 0 Å². The average molecular weight is 389 g/mol. The summed E-state index contributed by atoms with van der Waals surface area (Å²) in [4.78, 5) is 11.6. The maximum Gasteiger partial charge on any atom is 0.335 e. The van der Waals surface area contributed by atoms with Crippen LogP contribution in [0.25, 0.3) is 5.57 Å². The van der Waals surface area contributed by atoms with Gasteiger partial charge in [0.1, 0.15) is 0 Å². The van der Waals surface area contributed by atoms with Crippen LogP contribution in [-0.2, 0) is 23.7 Å². The van der Waals surface area contributed by atoms with Crippen molar-refractivity contribution in [3.8, 4) is 0 Å². The molecule has 0 atom stereocenters. The van der Waals surface area contributed by atoms with Crippen LogP contribution in [0.2, 0.25) is 0 Å². The second-order valence-corrected chi connectivity index (χ2v) is 10.2. The van der Waals surface area contributed by atoms with Gasteiger partial charge in [0.25, 0.3) is 0 Å². The van der Waals surface area contributed by atoms with Crippen molar-refractivity contribution in [2.75, 3.05) is 0 Å². The Labute approximate surface area is 174 Å². The van der Waals surface area contributed by atoms with Gasteiger partial charge < -0.3 is 5.11 Å². The van der Waals surface area contributed by atoms with Crippen LogP contribution in [-0.4, -0.2) is 11.1 Å². The van der Waals surface area contributed by atoms with Crippen molar-refractivity contribution in [3.63, 3.8) is 0 Å². The maximum atomic E-state index is 11.6. The van der Waals surface area contributed by atoms with Gasteiger partial charge in [0.15, 0.2) is 0 Å². The van der Waals surface area contributed by atoms with Crippen molar-refractivity contribution in [2.24, 2.45) is 0 Å². The van der Waals surface area contributed by atoms with Crippen LogP contribution in [0.15, 0.2) is 30.8 Å². The highest BCUT2D eigenvalue weighted by Crippen LogP contribution is 2.47. The maximum absolute atomic E-state index is 11.6. The number of aryl methyl sites for hydroxylation is 1. The van der Waals surface area contributed by atoms with Crippen molar-refractivity contribution in [1.29, 1.82) is 0 Å². The highest BCUT2D eigenvalue weighted by atomic mass is 16.4. The fourth-order valence-electron chi connectivity index (χ4n) is 5.38. The molecule has 1 N–H and O–H groups in total. The van der Waals surface area contributed by atoms with Crippen molar-refractivity contribution in [2.45, 2.75) is 77.6 Å². The topological polar surface area (TPSA) is 37.3 Å². The van der Waals surface area contributed by atoms with E-state index in [1.165, 1.54) is 40.7 Å². The number of carboxylic acid groups (broad SMARTS) is 1. The Balaban J connectivity index is 1.86. The van der Waals surface area contributed by atoms with Crippen LogP contribution in [0.4, 0.5) is 0 Å². The average Bonchev–Trinajstić information content (AvgIpc) is 3.13. The molecule has 0 heterocycles. The molecule has 2 aliphatic carbocycles. The van der Waals surface area contributed by atoms with Crippen molar-refractivity contribution < 1.29 is 9.90 Å². The van der Waals surface area contributed by atoms with Crippen LogP contribution in [0, 0.1) is 6.92 Å². The molecule has 2 aromatic carbocycles. The lowest BCUT2D eigenvalue weighted by atomic mass is 9.62. The number of carboxylic acids is 1. The quantitative estimate of drug-likeness (QED) is 0.644. The minimum Gasteiger partial charge on any atom is -0.478 e. The molecule has 0 saturated heterocycles. The molecule has 0 fully saturated rings. The highest BCUT2D eigenvalue weighted by Gasteiger charge is 2.37. The monoisotopic (exact) mass is 388 g/mol. The molecular formula is C27H32O2. The molecule has 0 spiro atoms. The second-order valence-electron chi connectivity index (χ2n) is 10.2. The number of benzene rings is 2. The molecule has 29 heavy (non-hydrogen) atoms. The Morgan fingerprint density at radius 3 is 2.00 bits per heavy atom. The summed E-state index contributed by atoms with van der Waals surface area (Å²) in [5, 5.41) is 9.56. The third kappa shape index (κ3) is 3.13. The molecule has 0 aliphatic heterocycles. The van der Waals surface area contributed by atoms with Gasteiger partial charge in [-0.05, 0) is 100 Å². The first-order chi connectivity index (χ1) is 13.5. The Morgan fingerprint density at radius 2 is 1.41 bits per heavy atom. The number of aromatic carboxylic acids is 1. The van der Waals surface area contributed by atoms with Crippen molar-refractivity contribution >= 4 is 11.5 Å². The van der Waals surface area contributed by atoms with E-state index in [0.29, 0.717) is 5.56 Å². The number of fused-ring (bicyclic) bond motifs is 2. The molecule has 2 aromatic rings. The lowest BCUT2D eigenvalue weighted by Gasteiger charge is -2.42. The van der Waals surface area contributed by atoms with Gasteiger partial charge in [-0.2, -0.15) is 0 Å². The largest absolute Gasteiger partial charge is 0.478 e. The molecule has 0 aromatic heterocycles. The van der Waals surface area contributed by atoms with E-state index in [-0.39, 0.29) is 10.8 Å². The van der Waals surface area contributed by atoms with E-state index in [2.05, 4.69) is 53.3 Å². The van der Waals surface area contributed by atoms with Gasteiger partial charge in [0, 0.05) is 0 Å². The molecule has 0 saturated carbocycles. The third-order valence-corrected chi connectivity index (χ3v) is 7.36. The lowest BCUT2D eigenvalue weighted by Crippen LogP contribution is -2.34. The van der Waals surface area contributed by atoms with Gasteiger partial charge in [-0.3, -0.25) is 0 Å². The SMILES string of the molecule is C=C(c1cc2c(cc1C)C(C)(C)CCC2(C)C)c1ccc(C(=O)O)c2c1CCC2. The molecule has 2 aliphatic rings. The normalized spacial score (nSPS) is 18.8. The van der Waals surface area contributed by atoms with Gasteiger partial charge in [-0.25, -0.2) is 4.79 Å². The first-order valence-electron chi connectivity index (χ1n) is 10.8. The Morgan fingerprint density at radius 1 is 0.897 bits per heavy atom. The molecule has 0 bridgehead atoms. The van der Waals surface area contributed by atoms with E-state index in [0.717, 1.165) is 36.0 Å². The standard InChI is InChI=1S/C27H32O2/c1-16-14-23-24(27(5,6)13-12-26(23,3)4)15-22(16)17(2)18-10-11-21(25(28)29)20-9-7-8-19(18)20/h10-11,14-15H,2,7-9,12-13H2,1,3-6H3,(H,28,29). The first kappa shape index (κ1) is 19.9. The number of rotatable bonds is 3. The molecule has 0 radical (unpaired) electrons. The zero-order valence-corrected chi connectivity index (χ0v) is 18.4. The summed E-state index contributed by atoms with van der Waals surface area (Å²) >= 11 is 0. The third-order valence-electron chi connectivity index (χ3n) is 7.36. The second kappa shape index (κ2) is 6.58. The molecule has 0 amide bonds. The summed E-state index contributed by atoms with van der Waals surface area (Å²) < 4.78 is 0. The molecule has 2 nitrogen and oxygen atoms in total. The van der Waals surface area contributed by atoms with Gasteiger partial charge in [-0.15, -0.1) is 0 Å². The van der Waals surface area contributed by atoms with Gasteiger partial charge in [0.05, 0.1) is 5.56 Å². The van der Waals surface area contributed by atoms with E-state index in [4.69, 9.17) is 0 Å². The molecule has 4 rings (SSSR count). The van der Waals surface area contributed by atoms with Crippen molar-refractivity contribution in [3.05, 3.63) is 75.4 Å². The predicted molar refractivity (Wildman–Crippen MR) is 120 cm³/mol. The van der Waals surface area contributed by atoms with Crippen molar-refractivity contribution in [1.82, 2.24) is 0 Å². The van der Waals surface area contributed by atoms with E-state index in [1.807, 2.05) is 6.07 Å². The fraction of sp³-hybridized carbons (Fsp3) is 0.444. The van der Waals surface area contributed by atoms with E-state index in [1.54, 1.807) is 6.07 Å². The predicted octanol–water partition coefficient (Wildman–Crippen LogP) is 6.59. The number of hydrogen-bond acceptors (Lipinski definition) is 1. The Kier molecular flexibility index (Phi) is 4.53. The summed E-state index contributed by atoms with van der Waals surface area (Å²) in [6.07, 6.45) is 5.20. The molecular weight excluding hydrogens is 356 g/mol. The summed E-state index contributed by atoms with van der Waals surface area (Å²) in [5.74, 6) is -0.825. The zero-order valence-electron chi connectivity index (χ0n) is 18.4. The summed E-state index contributed by atoms with van der Waals surface area (Å²) in [6.45, 7) is 16.1. The lowest BCUT2D eigenvalue weighted by molar-refractivity contribution is 0.0695. The van der Waals surface area contributed by atoms with Crippen LogP contribution in [0.1, 0.15) is 96.3 Å².